The third-order valence-corrected chi connectivity index (χ3v) is 3.41. The van der Waals surface area contributed by atoms with Crippen LogP contribution in [0.5, 0.6) is 5.75 Å². The lowest BCUT2D eigenvalue weighted by atomic mass is 9.93. The second-order valence-electron chi connectivity index (χ2n) is 4.44. The molecule has 1 aromatic rings. The maximum absolute atomic E-state index is 11.7. The minimum atomic E-state index is -0.462. The van der Waals surface area contributed by atoms with Gasteiger partial charge in [0.2, 0.25) is 11.8 Å². The van der Waals surface area contributed by atoms with Crippen molar-refractivity contribution in [2.45, 2.75) is 12.5 Å². The lowest BCUT2D eigenvalue weighted by molar-refractivity contribution is -0.128. The summed E-state index contributed by atoms with van der Waals surface area (Å²) in [5.74, 6) is -0.217. The van der Waals surface area contributed by atoms with E-state index in [1.165, 1.54) is 0 Å². The molecule has 2 rings (SSSR count). The van der Waals surface area contributed by atoms with Crippen LogP contribution in [0.15, 0.2) is 24.3 Å². The van der Waals surface area contributed by atoms with Crippen molar-refractivity contribution in [1.29, 1.82) is 0 Å². The van der Waals surface area contributed by atoms with E-state index in [-0.39, 0.29) is 18.4 Å². The molecule has 2 N–H and O–H groups in total. The molecule has 0 spiro atoms. The zero-order valence-corrected chi connectivity index (χ0v) is 10.4. The molecular formula is C13H16N2O3. The summed E-state index contributed by atoms with van der Waals surface area (Å²) in [7, 11) is 3.28. The van der Waals surface area contributed by atoms with Gasteiger partial charge in [-0.25, -0.2) is 0 Å². The first kappa shape index (κ1) is 12.4. The first-order chi connectivity index (χ1) is 8.54. The van der Waals surface area contributed by atoms with Gasteiger partial charge in [0.1, 0.15) is 5.75 Å². The summed E-state index contributed by atoms with van der Waals surface area (Å²) in [4.78, 5) is 24.7. The average Bonchev–Trinajstić information content (AvgIpc) is 2.66. The summed E-state index contributed by atoms with van der Waals surface area (Å²) in [6.45, 7) is 0. The number of amides is 2. The van der Waals surface area contributed by atoms with Crippen LogP contribution in [0, 0.1) is 5.92 Å². The van der Waals surface area contributed by atoms with Crippen molar-refractivity contribution < 1.29 is 14.3 Å². The molecular weight excluding hydrogens is 232 g/mol. The maximum atomic E-state index is 11.7. The third kappa shape index (κ3) is 2.03. The molecule has 1 aromatic carbocycles. The van der Waals surface area contributed by atoms with Gasteiger partial charge in [0, 0.05) is 13.5 Å². The zero-order valence-electron chi connectivity index (χ0n) is 10.4. The standard InChI is InChI=1S/C13H16N2O3/c1-15-11(16)7-10(13(14)17)12(15)8-3-5-9(18-2)6-4-8/h3-6,10,12H,7H2,1-2H3,(H2,14,17)/t10-,12+/m1/s1. The van der Waals surface area contributed by atoms with Crippen molar-refractivity contribution in [1.82, 2.24) is 4.90 Å². The zero-order chi connectivity index (χ0) is 13.3. The molecule has 0 aromatic heterocycles. The molecule has 2 atom stereocenters. The normalized spacial score (nSPS) is 23.2. The van der Waals surface area contributed by atoms with Gasteiger partial charge in [0.15, 0.2) is 0 Å². The monoisotopic (exact) mass is 248 g/mol. The number of hydrogen-bond acceptors (Lipinski definition) is 3. The Kier molecular flexibility index (Phi) is 3.23. The molecule has 0 aliphatic carbocycles. The summed E-state index contributed by atoms with van der Waals surface area (Å²) < 4.78 is 5.08. The van der Waals surface area contributed by atoms with Crippen LogP contribution in [0.1, 0.15) is 18.0 Å². The Labute approximate surface area is 106 Å². The maximum Gasteiger partial charge on any atom is 0.223 e. The van der Waals surface area contributed by atoms with Gasteiger partial charge in [-0.15, -0.1) is 0 Å². The highest BCUT2D eigenvalue weighted by atomic mass is 16.5. The van der Waals surface area contributed by atoms with Crippen molar-refractivity contribution in [3.63, 3.8) is 0 Å². The first-order valence-corrected chi connectivity index (χ1v) is 5.73. The summed E-state index contributed by atoms with van der Waals surface area (Å²) in [6.07, 6.45) is 0.183. The molecule has 1 saturated heterocycles. The van der Waals surface area contributed by atoms with E-state index in [9.17, 15) is 9.59 Å². The van der Waals surface area contributed by atoms with Crippen molar-refractivity contribution in [3.05, 3.63) is 29.8 Å². The Morgan fingerprint density at radius 2 is 2.00 bits per heavy atom. The van der Waals surface area contributed by atoms with Crippen LogP contribution in [0.2, 0.25) is 0 Å². The van der Waals surface area contributed by atoms with Crippen LogP contribution < -0.4 is 10.5 Å². The number of ether oxygens (including phenoxy) is 1. The molecule has 0 saturated carbocycles. The van der Waals surface area contributed by atoms with Crippen LogP contribution in [0.3, 0.4) is 0 Å². The molecule has 1 heterocycles. The summed E-state index contributed by atoms with van der Waals surface area (Å²) in [6, 6.07) is 7.05. The fourth-order valence-corrected chi connectivity index (χ4v) is 2.38. The number of rotatable bonds is 3. The van der Waals surface area contributed by atoms with Gasteiger partial charge in [0.25, 0.3) is 0 Å². The van der Waals surface area contributed by atoms with E-state index in [1.807, 2.05) is 24.3 Å². The highest BCUT2D eigenvalue weighted by Gasteiger charge is 2.41. The molecule has 0 radical (unpaired) electrons. The van der Waals surface area contributed by atoms with Gasteiger partial charge >= 0.3 is 0 Å². The molecule has 0 bridgehead atoms. The molecule has 0 unspecified atom stereocenters. The highest BCUT2D eigenvalue weighted by molar-refractivity contribution is 5.89. The Morgan fingerprint density at radius 3 is 2.50 bits per heavy atom. The second kappa shape index (κ2) is 4.68. The quantitative estimate of drug-likeness (QED) is 0.855. The van der Waals surface area contributed by atoms with Gasteiger partial charge < -0.3 is 15.4 Å². The van der Waals surface area contributed by atoms with E-state index in [4.69, 9.17) is 10.5 Å². The lowest BCUT2D eigenvalue weighted by Gasteiger charge is -2.23. The third-order valence-electron chi connectivity index (χ3n) is 3.41. The second-order valence-corrected chi connectivity index (χ2v) is 4.44. The number of nitrogens with two attached hydrogens (primary N) is 1. The Balaban J connectivity index is 2.33. The van der Waals surface area contributed by atoms with Gasteiger partial charge in [-0.05, 0) is 17.7 Å². The fraction of sp³-hybridized carbons (Fsp3) is 0.385. The summed E-state index contributed by atoms with van der Waals surface area (Å²) >= 11 is 0. The van der Waals surface area contributed by atoms with Crippen LogP contribution in [-0.2, 0) is 9.59 Å². The predicted octanol–water partition coefficient (Wildman–Crippen LogP) is 0.700. The van der Waals surface area contributed by atoms with Gasteiger partial charge in [-0.1, -0.05) is 12.1 Å². The number of nitrogens with zero attached hydrogens (tertiary/aromatic N) is 1. The largest absolute Gasteiger partial charge is 0.497 e. The molecule has 1 aliphatic heterocycles. The fourth-order valence-electron chi connectivity index (χ4n) is 2.38. The van der Waals surface area contributed by atoms with E-state index in [2.05, 4.69) is 0 Å². The van der Waals surface area contributed by atoms with E-state index >= 15 is 0 Å². The smallest absolute Gasteiger partial charge is 0.223 e. The number of likely N-dealkylation sites (tertiary alicyclic amines) is 1. The Hall–Kier alpha value is -2.04. The predicted molar refractivity (Wildman–Crippen MR) is 65.8 cm³/mol. The highest BCUT2D eigenvalue weighted by Crippen LogP contribution is 2.37. The number of carbonyl (C=O) groups excluding carboxylic acids is 2. The van der Waals surface area contributed by atoms with E-state index in [0.717, 1.165) is 11.3 Å². The number of hydrogen-bond donors (Lipinski definition) is 1. The SMILES string of the molecule is COc1ccc([C@H]2[C@H](C(N)=O)CC(=O)N2C)cc1. The number of carbonyl (C=O) groups is 2. The van der Waals surface area contributed by atoms with E-state index in [0.29, 0.717) is 0 Å². The molecule has 1 aliphatic rings. The number of primary amides is 1. The van der Waals surface area contributed by atoms with Crippen LogP contribution in [-0.4, -0.2) is 30.9 Å². The first-order valence-electron chi connectivity index (χ1n) is 5.73. The van der Waals surface area contributed by atoms with Crippen LogP contribution in [0.25, 0.3) is 0 Å². The van der Waals surface area contributed by atoms with Gasteiger partial charge in [-0.3, -0.25) is 9.59 Å². The van der Waals surface area contributed by atoms with E-state index < -0.39 is 11.8 Å². The Bertz CT molecular complexity index is 470. The van der Waals surface area contributed by atoms with Crippen molar-refractivity contribution >= 4 is 11.8 Å². The van der Waals surface area contributed by atoms with Crippen molar-refractivity contribution in [2.75, 3.05) is 14.2 Å². The summed E-state index contributed by atoms with van der Waals surface area (Å²) in [5, 5.41) is 0. The lowest BCUT2D eigenvalue weighted by Crippen LogP contribution is -2.30. The molecule has 18 heavy (non-hydrogen) atoms. The molecule has 2 amide bonds. The van der Waals surface area contributed by atoms with Gasteiger partial charge in [0.05, 0.1) is 19.1 Å². The number of methoxy groups -OCH3 is 1. The number of benzene rings is 1. The van der Waals surface area contributed by atoms with Crippen LogP contribution in [0.4, 0.5) is 0 Å². The minimum Gasteiger partial charge on any atom is -0.497 e. The summed E-state index contributed by atoms with van der Waals surface area (Å²) in [5.41, 5.74) is 6.26. The molecule has 5 heteroatoms. The van der Waals surface area contributed by atoms with Crippen LogP contribution >= 0.6 is 0 Å². The van der Waals surface area contributed by atoms with E-state index in [1.54, 1.807) is 19.1 Å². The van der Waals surface area contributed by atoms with Crippen molar-refractivity contribution in [3.8, 4) is 5.75 Å². The van der Waals surface area contributed by atoms with Crippen molar-refractivity contribution in [2.24, 2.45) is 11.7 Å². The average molecular weight is 248 g/mol. The minimum absolute atomic E-state index is 0.0559. The molecule has 5 nitrogen and oxygen atoms in total. The molecule has 1 fully saturated rings. The topological polar surface area (TPSA) is 72.6 Å². The Morgan fingerprint density at radius 1 is 1.39 bits per heavy atom. The molecule has 96 valence electrons. The van der Waals surface area contributed by atoms with Gasteiger partial charge in [-0.2, -0.15) is 0 Å².